The molecule has 0 bridgehead atoms. The van der Waals surface area contributed by atoms with E-state index in [1.165, 1.54) is 39.0 Å². The second-order valence-corrected chi connectivity index (χ2v) is 17.2. The summed E-state index contributed by atoms with van der Waals surface area (Å²) in [4.78, 5) is 27.3. The molecule has 0 spiro atoms. The molecule has 308 valence electrons. The molecule has 2 saturated carbocycles. The number of rotatable bonds is 13. The van der Waals surface area contributed by atoms with Gasteiger partial charge in [0.2, 0.25) is 0 Å². The van der Waals surface area contributed by atoms with E-state index in [1.807, 2.05) is 36.4 Å². The summed E-state index contributed by atoms with van der Waals surface area (Å²) in [6.07, 6.45) is 6.84. The Hall–Kier alpha value is -5.00. The highest BCUT2D eigenvalue weighted by Gasteiger charge is 2.50. The summed E-state index contributed by atoms with van der Waals surface area (Å²) >= 11 is 0. The third-order valence-electron chi connectivity index (χ3n) is 13.1. The van der Waals surface area contributed by atoms with Gasteiger partial charge in [-0.1, -0.05) is 136 Å². The van der Waals surface area contributed by atoms with Crippen LogP contribution in [0.3, 0.4) is 0 Å². The summed E-state index contributed by atoms with van der Waals surface area (Å²) in [5.41, 5.74) is 14.8. The minimum atomic E-state index is -0.0568. The van der Waals surface area contributed by atoms with Crippen LogP contribution in [0.2, 0.25) is 0 Å². The average Bonchev–Trinajstić information content (AvgIpc) is 3.99. The molecule has 59 heavy (non-hydrogen) atoms. The van der Waals surface area contributed by atoms with E-state index in [0.717, 1.165) is 96.3 Å². The van der Waals surface area contributed by atoms with Crippen LogP contribution in [0, 0.1) is 43.4 Å². The summed E-state index contributed by atoms with van der Waals surface area (Å²) in [5, 5.41) is 9.71. The van der Waals surface area contributed by atoms with Crippen LogP contribution < -0.4 is 0 Å². The van der Waals surface area contributed by atoms with Crippen molar-refractivity contribution in [2.24, 2.45) is 29.6 Å². The number of aryl methyl sites for hydroxylation is 6. The van der Waals surface area contributed by atoms with Crippen molar-refractivity contribution >= 4 is 22.7 Å². The van der Waals surface area contributed by atoms with Crippen molar-refractivity contribution in [3.05, 3.63) is 164 Å². The van der Waals surface area contributed by atoms with Crippen molar-refractivity contribution in [3.63, 3.8) is 0 Å². The monoisotopic (exact) mass is 790 g/mol. The Bertz CT molecular complexity index is 2210. The molecule has 0 radical (unpaired) electrons. The van der Waals surface area contributed by atoms with Gasteiger partial charge < -0.3 is 14.6 Å². The Morgan fingerprint density at radius 2 is 0.966 bits per heavy atom. The maximum Gasteiger partial charge on any atom is 0.171 e. The lowest BCUT2D eigenvalue weighted by Crippen LogP contribution is -2.14. The molecule has 4 aliphatic rings. The largest absolute Gasteiger partial charge is 0.492 e. The number of ether oxygens (including phenoxy) is 2. The third-order valence-corrected chi connectivity index (χ3v) is 13.1. The van der Waals surface area contributed by atoms with E-state index in [1.54, 1.807) is 0 Å². The van der Waals surface area contributed by atoms with E-state index in [-0.39, 0.29) is 47.8 Å². The van der Waals surface area contributed by atoms with Crippen LogP contribution in [0.25, 0.3) is 11.1 Å². The van der Waals surface area contributed by atoms with E-state index < -0.39 is 0 Å². The number of fused-ring (bicyclic) bond motifs is 2. The van der Waals surface area contributed by atoms with Crippen molar-refractivity contribution in [2.75, 3.05) is 6.61 Å². The number of hydrogen-bond acceptors (Lipinski definition) is 5. The fourth-order valence-corrected chi connectivity index (χ4v) is 10.4. The van der Waals surface area contributed by atoms with E-state index in [9.17, 15) is 14.7 Å². The molecule has 2 fully saturated rings. The molecule has 0 aromatic heterocycles. The molecule has 5 unspecified atom stereocenters. The standard InChI is InChI=1S/C27H32O3.C27H30O2/c1-4-20-11-17(3)12-21(5-2)24(20)25-26(29)22-13-19(15-28)14-23(22)27(25)30-16-18-9-7-6-8-10-18;1-5-20-12-17(3)13-21(6-2)24(20)25-26(28)22-14-18(4)15-23(22)27(25)29-16-19-10-8-7-9-11-19/h6-12,19,22-23,28H,4-5,13-16H2,1-3H3;7-13,22-23H,4-6,14-16H2,1-3H3. The van der Waals surface area contributed by atoms with E-state index in [2.05, 4.69) is 96.7 Å². The van der Waals surface area contributed by atoms with Gasteiger partial charge in [0.1, 0.15) is 24.7 Å². The number of allylic oxidation sites excluding steroid dienone is 5. The number of hydrogen-bond donors (Lipinski definition) is 1. The van der Waals surface area contributed by atoms with E-state index >= 15 is 0 Å². The van der Waals surface area contributed by atoms with Crippen molar-refractivity contribution in [3.8, 4) is 0 Å². The zero-order valence-electron chi connectivity index (χ0n) is 36.0. The SMILES string of the molecule is C=C1CC2C(=O)C(c3c(CC)cc(C)cc3CC)=C(OCc3ccccc3)C2C1.CCc1cc(C)cc(CC)c1C1=C(OCc2ccccc2)C2CC(CO)CC2C1=O. The lowest BCUT2D eigenvalue weighted by Gasteiger charge is -2.20. The minimum absolute atomic E-state index is 0.000936. The molecule has 0 heterocycles. The Balaban J connectivity index is 0.000000179. The van der Waals surface area contributed by atoms with Crippen LogP contribution in [-0.2, 0) is 58.0 Å². The highest BCUT2D eigenvalue weighted by Crippen LogP contribution is 2.53. The lowest BCUT2D eigenvalue weighted by molar-refractivity contribution is -0.117. The Morgan fingerprint density at radius 3 is 1.39 bits per heavy atom. The summed E-state index contributed by atoms with van der Waals surface area (Å²) in [6, 6.07) is 29.2. The first kappa shape index (κ1) is 42.1. The maximum absolute atomic E-state index is 13.7. The molecular formula is C54H62O5. The van der Waals surface area contributed by atoms with Crippen LogP contribution in [0.15, 0.2) is 109 Å². The van der Waals surface area contributed by atoms with Crippen molar-refractivity contribution in [2.45, 2.75) is 106 Å². The number of carbonyl (C=O) groups excluding carboxylic acids is 2. The van der Waals surface area contributed by atoms with E-state index in [4.69, 9.17) is 9.47 Å². The number of benzene rings is 4. The normalized spacial score (nSPS) is 22.2. The number of aliphatic hydroxyl groups excluding tert-OH is 1. The van der Waals surface area contributed by atoms with Crippen LogP contribution in [0.4, 0.5) is 0 Å². The maximum atomic E-state index is 13.7. The fourth-order valence-electron chi connectivity index (χ4n) is 10.4. The van der Waals surface area contributed by atoms with Gasteiger partial charge in [0.25, 0.3) is 0 Å². The molecule has 4 aromatic rings. The summed E-state index contributed by atoms with van der Waals surface area (Å²) in [7, 11) is 0. The molecular weight excluding hydrogens is 729 g/mol. The minimum Gasteiger partial charge on any atom is -0.492 e. The molecule has 0 aliphatic heterocycles. The second-order valence-electron chi connectivity index (χ2n) is 17.2. The van der Waals surface area contributed by atoms with Gasteiger partial charge >= 0.3 is 0 Å². The average molecular weight is 791 g/mol. The first-order valence-corrected chi connectivity index (χ1v) is 22.0. The fraction of sp³-hybridized carbons (Fsp3) is 0.407. The van der Waals surface area contributed by atoms with Gasteiger partial charge in [0, 0.05) is 30.3 Å². The first-order valence-electron chi connectivity index (χ1n) is 22.0. The van der Waals surface area contributed by atoms with Gasteiger partial charge in [-0.2, -0.15) is 0 Å². The van der Waals surface area contributed by atoms with Crippen molar-refractivity contribution < 1.29 is 24.2 Å². The van der Waals surface area contributed by atoms with Gasteiger partial charge in [0.05, 0.1) is 11.1 Å². The van der Waals surface area contributed by atoms with Crippen LogP contribution in [0.1, 0.15) is 109 Å². The highest BCUT2D eigenvalue weighted by atomic mass is 16.5. The number of ketones is 2. The molecule has 4 aliphatic carbocycles. The third kappa shape index (κ3) is 8.55. The number of aliphatic hydroxyl groups is 1. The molecule has 0 amide bonds. The van der Waals surface area contributed by atoms with Crippen LogP contribution >= 0.6 is 0 Å². The molecule has 8 rings (SSSR count). The predicted octanol–water partition coefficient (Wildman–Crippen LogP) is 11.5. The molecule has 5 heteroatoms. The van der Waals surface area contributed by atoms with Crippen LogP contribution in [-0.4, -0.2) is 23.3 Å². The van der Waals surface area contributed by atoms with Gasteiger partial charge in [-0.05, 0) is 116 Å². The van der Waals surface area contributed by atoms with Crippen LogP contribution in [0.5, 0.6) is 0 Å². The Kier molecular flexibility index (Phi) is 13.2. The quantitative estimate of drug-likeness (QED) is 0.137. The van der Waals surface area contributed by atoms with Crippen molar-refractivity contribution in [1.82, 2.24) is 0 Å². The van der Waals surface area contributed by atoms with Crippen molar-refractivity contribution in [1.29, 1.82) is 0 Å². The molecule has 5 atom stereocenters. The molecule has 1 N–H and O–H groups in total. The number of Topliss-reactive ketones (excluding diaryl/α,β-unsaturated/α-hetero) is 2. The highest BCUT2D eigenvalue weighted by molar-refractivity contribution is 6.26. The van der Waals surface area contributed by atoms with Gasteiger partial charge in [-0.15, -0.1) is 0 Å². The number of carbonyl (C=O) groups is 2. The van der Waals surface area contributed by atoms with Gasteiger partial charge in [0.15, 0.2) is 11.6 Å². The summed E-state index contributed by atoms with van der Waals surface area (Å²) < 4.78 is 12.9. The molecule has 0 saturated heterocycles. The summed E-state index contributed by atoms with van der Waals surface area (Å²) in [5.74, 6) is 2.59. The second kappa shape index (κ2) is 18.5. The topological polar surface area (TPSA) is 72.8 Å². The summed E-state index contributed by atoms with van der Waals surface area (Å²) in [6.45, 7) is 18.2. The Morgan fingerprint density at radius 1 is 0.576 bits per heavy atom. The smallest absolute Gasteiger partial charge is 0.171 e. The van der Waals surface area contributed by atoms with Gasteiger partial charge in [-0.3, -0.25) is 9.59 Å². The zero-order valence-corrected chi connectivity index (χ0v) is 36.0. The molecule has 5 nitrogen and oxygen atoms in total. The first-order chi connectivity index (χ1) is 28.6. The predicted molar refractivity (Wildman–Crippen MR) is 238 cm³/mol. The molecule has 4 aromatic carbocycles. The lowest BCUT2D eigenvalue weighted by atomic mass is 9.87. The van der Waals surface area contributed by atoms with Gasteiger partial charge in [-0.25, -0.2) is 0 Å². The zero-order chi connectivity index (χ0) is 41.8. The van der Waals surface area contributed by atoms with E-state index in [0.29, 0.717) is 13.2 Å². The Labute approximate surface area is 352 Å².